The maximum absolute atomic E-state index is 12.3. The molecule has 0 aromatic heterocycles. The van der Waals surface area contributed by atoms with Crippen LogP contribution in [0.2, 0.25) is 0 Å². The summed E-state index contributed by atoms with van der Waals surface area (Å²) in [6, 6.07) is 8.64. The van der Waals surface area contributed by atoms with Gasteiger partial charge in [-0.1, -0.05) is 30.3 Å². The van der Waals surface area contributed by atoms with Gasteiger partial charge in [0, 0.05) is 13.1 Å². The van der Waals surface area contributed by atoms with Crippen LogP contribution in [-0.4, -0.2) is 35.6 Å². The van der Waals surface area contributed by atoms with Gasteiger partial charge in [0.1, 0.15) is 11.6 Å². The lowest BCUT2D eigenvalue weighted by atomic mass is 10.0. The Morgan fingerprint density at radius 1 is 1.30 bits per heavy atom. The first-order valence-electron chi connectivity index (χ1n) is 6.71. The van der Waals surface area contributed by atoms with E-state index >= 15 is 0 Å². The highest BCUT2D eigenvalue weighted by Crippen LogP contribution is 2.25. The standard InChI is InChI=1S/C15H20N2O3/c1-15(2,3)20-14(19)17-10-9-16-13(18)12(17)11-7-5-4-6-8-11/h4-8,12H,9-10H2,1-3H3,(H,16,18)/t12-/m0/s1. The van der Waals surface area contributed by atoms with Crippen LogP contribution >= 0.6 is 0 Å². The number of benzene rings is 1. The number of amides is 2. The highest BCUT2D eigenvalue weighted by Gasteiger charge is 2.36. The van der Waals surface area contributed by atoms with Crippen LogP contribution in [0.1, 0.15) is 32.4 Å². The minimum atomic E-state index is -0.625. The molecule has 1 aliphatic heterocycles. The molecule has 1 aliphatic rings. The van der Waals surface area contributed by atoms with Crippen LogP contribution in [0.5, 0.6) is 0 Å². The zero-order valence-electron chi connectivity index (χ0n) is 12.1. The van der Waals surface area contributed by atoms with Crippen molar-refractivity contribution < 1.29 is 14.3 Å². The SMILES string of the molecule is CC(C)(C)OC(=O)N1CCNC(=O)[C@@H]1c1ccccc1. The van der Waals surface area contributed by atoms with Crippen molar-refractivity contribution in [3.63, 3.8) is 0 Å². The molecular formula is C15H20N2O3. The van der Waals surface area contributed by atoms with E-state index < -0.39 is 17.7 Å². The lowest BCUT2D eigenvalue weighted by Crippen LogP contribution is -2.53. The van der Waals surface area contributed by atoms with Gasteiger partial charge in [-0.05, 0) is 26.3 Å². The normalized spacial score (nSPS) is 19.4. The third-order valence-electron chi connectivity index (χ3n) is 2.96. The number of nitrogens with one attached hydrogen (secondary N) is 1. The van der Waals surface area contributed by atoms with Gasteiger partial charge in [0.25, 0.3) is 0 Å². The molecule has 0 saturated carbocycles. The summed E-state index contributed by atoms with van der Waals surface area (Å²) in [6.07, 6.45) is -0.457. The van der Waals surface area contributed by atoms with Gasteiger partial charge >= 0.3 is 6.09 Å². The molecule has 5 heteroatoms. The molecule has 108 valence electrons. The van der Waals surface area contributed by atoms with Gasteiger partial charge in [-0.2, -0.15) is 0 Å². The summed E-state index contributed by atoms with van der Waals surface area (Å²) in [5.41, 5.74) is 0.210. The predicted octanol–water partition coefficient (Wildman–Crippen LogP) is 2.09. The molecule has 2 amide bonds. The average Bonchev–Trinajstić information content (AvgIpc) is 2.37. The first kappa shape index (κ1) is 14.4. The lowest BCUT2D eigenvalue weighted by molar-refractivity contribution is -0.129. The summed E-state index contributed by atoms with van der Waals surface area (Å²) in [4.78, 5) is 25.9. The summed E-state index contributed by atoms with van der Waals surface area (Å²) in [7, 11) is 0. The van der Waals surface area contributed by atoms with Crippen molar-refractivity contribution >= 4 is 12.0 Å². The maximum Gasteiger partial charge on any atom is 0.411 e. The van der Waals surface area contributed by atoms with Gasteiger partial charge in [-0.3, -0.25) is 9.69 Å². The van der Waals surface area contributed by atoms with Gasteiger partial charge in [0.2, 0.25) is 5.91 Å². The van der Waals surface area contributed by atoms with E-state index in [1.54, 1.807) is 0 Å². The van der Waals surface area contributed by atoms with Crippen LogP contribution in [0.3, 0.4) is 0 Å². The van der Waals surface area contributed by atoms with Gasteiger partial charge in [-0.15, -0.1) is 0 Å². The molecule has 1 aromatic carbocycles. The van der Waals surface area contributed by atoms with Crippen molar-refractivity contribution in [2.24, 2.45) is 0 Å². The molecule has 1 aromatic rings. The van der Waals surface area contributed by atoms with E-state index in [0.29, 0.717) is 13.1 Å². The monoisotopic (exact) mass is 276 g/mol. The summed E-state index contributed by atoms with van der Waals surface area (Å²) in [5.74, 6) is -0.173. The molecule has 2 rings (SSSR count). The molecule has 0 aliphatic carbocycles. The van der Waals surface area contributed by atoms with Crippen molar-refractivity contribution in [3.05, 3.63) is 35.9 Å². The lowest BCUT2D eigenvalue weighted by Gasteiger charge is -2.36. The predicted molar refractivity (Wildman–Crippen MR) is 75.1 cm³/mol. The smallest absolute Gasteiger partial charge is 0.411 e. The Hall–Kier alpha value is -2.04. The second-order valence-electron chi connectivity index (χ2n) is 5.78. The van der Waals surface area contributed by atoms with Gasteiger partial charge in [0.15, 0.2) is 0 Å². The molecule has 0 bridgehead atoms. The second kappa shape index (κ2) is 5.53. The Balaban J connectivity index is 2.25. The molecule has 20 heavy (non-hydrogen) atoms. The number of hydrogen-bond acceptors (Lipinski definition) is 3. The minimum Gasteiger partial charge on any atom is -0.444 e. The first-order valence-corrected chi connectivity index (χ1v) is 6.71. The van der Waals surface area contributed by atoms with E-state index in [0.717, 1.165) is 5.56 Å². The molecule has 0 unspecified atom stereocenters. The van der Waals surface area contributed by atoms with Crippen LogP contribution < -0.4 is 5.32 Å². The summed E-state index contributed by atoms with van der Waals surface area (Å²) >= 11 is 0. The molecular weight excluding hydrogens is 256 g/mol. The Kier molecular flexibility index (Phi) is 3.97. The third kappa shape index (κ3) is 3.29. The molecule has 1 heterocycles. The third-order valence-corrected chi connectivity index (χ3v) is 2.96. The maximum atomic E-state index is 12.3. The Morgan fingerprint density at radius 3 is 2.55 bits per heavy atom. The number of hydrogen-bond donors (Lipinski definition) is 1. The Labute approximate surface area is 118 Å². The van der Waals surface area contributed by atoms with E-state index in [2.05, 4.69) is 5.32 Å². The van der Waals surface area contributed by atoms with E-state index in [9.17, 15) is 9.59 Å². The fourth-order valence-electron chi connectivity index (χ4n) is 2.15. The quantitative estimate of drug-likeness (QED) is 0.854. The van der Waals surface area contributed by atoms with Crippen LogP contribution in [0.4, 0.5) is 4.79 Å². The number of rotatable bonds is 1. The van der Waals surface area contributed by atoms with Crippen molar-refractivity contribution in [3.8, 4) is 0 Å². The number of nitrogens with zero attached hydrogens (tertiary/aromatic N) is 1. The minimum absolute atomic E-state index is 0.173. The topological polar surface area (TPSA) is 58.6 Å². The van der Waals surface area contributed by atoms with Crippen molar-refractivity contribution in [2.75, 3.05) is 13.1 Å². The summed E-state index contributed by atoms with van der Waals surface area (Å²) in [5, 5.41) is 2.79. The summed E-state index contributed by atoms with van der Waals surface area (Å²) < 4.78 is 5.38. The van der Waals surface area contributed by atoms with Crippen LogP contribution in [0.15, 0.2) is 30.3 Å². The van der Waals surface area contributed by atoms with Gasteiger partial charge in [0.05, 0.1) is 0 Å². The van der Waals surface area contributed by atoms with Crippen molar-refractivity contribution in [1.29, 1.82) is 0 Å². The fraction of sp³-hybridized carbons (Fsp3) is 0.467. The Morgan fingerprint density at radius 2 is 1.95 bits per heavy atom. The first-order chi connectivity index (χ1) is 9.38. The number of ether oxygens (including phenoxy) is 1. The number of carbonyl (C=O) groups is 2. The van der Waals surface area contributed by atoms with E-state index in [1.807, 2.05) is 51.1 Å². The Bertz CT molecular complexity index is 494. The number of carbonyl (C=O) groups excluding carboxylic acids is 2. The van der Waals surface area contributed by atoms with E-state index in [4.69, 9.17) is 4.74 Å². The number of piperazine rings is 1. The summed E-state index contributed by atoms with van der Waals surface area (Å²) in [6.45, 7) is 6.33. The molecule has 1 fully saturated rings. The van der Waals surface area contributed by atoms with E-state index in [1.165, 1.54) is 4.90 Å². The fourth-order valence-corrected chi connectivity index (χ4v) is 2.15. The molecule has 1 saturated heterocycles. The highest BCUT2D eigenvalue weighted by atomic mass is 16.6. The average molecular weight is 276 g/mol. The van der Waals surface area contributed by atoms with Gasteiger partial charge in [-0.25, -0.2) is 4.79 Å². The molecule has 1 N–H and O–H groups in total. The zero-order valence-corrected chi connectivity index (χ0v) is 12.1. The van der Waals surface area contributed by atoms with Crippen molar-refractivity contribution in [1.82, 2.24) is 10.2 Å². The highest BCUT2D eigenvalue weighted by molar-refractivity contribution is 5.88. The van der Waals surface area contributed by atoms with Gasteiger partial charge < -0.3 is 10.1 Å². The van der Waals surface area contributed by atoms with Crippen molar-refractivity contribution in [2.45, 2.75) is 32.4 Å². The molecule has 0 spiro atoms. The molecule has 5 nitrogen and oxygen atoms in total. The van der Waals surface area contributed by atoms with Crippen LogP contribution in [-0.2, 0) is 9.53 Å². The molecule has 0 radical (unpaired) electrons. The largest absolute Gasteiger partial charge is 0.444 e. The molecule has 1 atom stereocenters. The van der Waals surface area contributed by atoms with E-state index in [-0.39, 0.29) is 5.91 Å². The second-order valence-corrected chi connectivity index (χ2v) is 5.78. The zero-order chi connectivity index (χ0) is 14.8. The van der Waals surface area contributed by atoms with Crippen LogP contribution in [0, 0.1) is 0 Å². The van der Waals surface area contributed by atoms with Crippen LogP contribution in [0.25, 0.3) is 0 Å².